The second-order valence-electron chi connectivity index (χ2n) is 7.93. The molecule has 0 aliphatic rings. The second kappa shape index (κ2) is 8.22. The maximum Gasteiger partial charge on any atom is 0.342 e. The fourth-order valence-corrected chi connectivity index (χ4v) is 4.41. The number of rotatable bonds is 6. The Bertz CT molecular complexity index is 1510. The van der Waals surface area contributed by atoms with Gasteiger partial charge < -0.3 is 18.8 Å². The summed E-state index contributed by atoms with van der Waals surface area (Å²) < 4.78 is 13.9. The van der Waals surface area contributed by atoms with Gasteiger partial charge in [0.25, 0.3) is 5.56 Å². The summed E-state index contributed by atoms with van der Waals surface area (Å²) in [6.07, 6.45) is 0.456. The number of carbonyl (C=O) groups is 1. The zero-order chi connectivity index (χ0) is 23.1. The predicted octanol–water partition coefficient (Wildman–Crippen LogP) is 3.64. The van der Waals surface area contributed by atoms with Crippen molar-refractivity contribution in [3.05, 3.63) is 76.5 Å². The van der Waals surface area contributed by atoms with E-state index >= 15 is 0 Å². The minimum atomic E-state index is -0.875. The molecule has 8 nitrogen and oxygen atoms in total. The standard InChI is InChI=1S/C25H23N3O5/c1-3-32-25(31)21-15(2)33-23-22(21)24(30)27(14-26-23)12-16(29)13-28-19-10-6-4-8-17(19)18-9-5-7-11-20(18)28/h4-11,14,16,29H,3,12-13H2,1-2H3/t16-/m1/s1. The fraction of sp³-hybridized carbons (Fsp3) is 0.240. The van der Waals surface area contributed by atoms with E-state index in [9.17, 15) is 14.7 Å². The maximum absolute atomic E-state index is 13.2. The summed E-state index contributed by atoms with van der Waals surface area (Å²) in [6, 6.07) is 16.1. The van der Waals surface area contributed by atoms with Crippen LogP contribution in [0.3, 0.4) is 0 Å². The topological polar surface area (TPSA) is 99.5 Å². The van der Waals surface area contributed by atoms with Gasteiger partial charge in [0, 0.05) is 21.8 Å². The first kappa shape index (κ1) is 21.0. The lowest BCUT2D eigenvalue weighted by molar-refractivity contribution is 0.0526. The van der Waals surface area contributed by atoms with Crippen LogP contribution in [0.2, 0.25) is 0 Å². The molecule has 8 heteroatoms. The number of para-hydroxylation sites is 2. The highest BCUT2D eigenvalue weighted by Crippen LogP contribution is 2.29. The van der Waals surface area contributed by atoms with Crippen LogP contribution in [-0.4, -0.2) is 37.9 Å². The van der Waals surface area contributed by atoms with E-state index in [1.54, 1.807) is 13.8 Å². The summed E-state index contributed by atoms with van der Waals surface area (Å²) in [5.74, 6) is -0.354. The van der Waals surface area contributed by atoms with Gasteiger partial charge in [-0.05, 0) is 26.0 Å². The van der Waals surface area contributed by atoms with Gasteiger partial charge in [0.05, 0.1) is 25.8 Å². The van der Waals surface area contributed by atoms with E-state index in [-0.39, 0.29) is 42.1 Å². The minimum absolute atomic E-state index is 0.00903. The van der Waals surface area contributed by atoms with E-state index in [0.29, 0.717) is 0 Å². The summed E-state index contributed by atoms with van der Waals surface area (Å²) in [5.41, 5.74) is 1.72. The Morgan fingerprint density at radius 1 is 1.09 bits per heavy atom. The highest BCUT2D eigenvalue weighted by atomic mass is 16.5. The number of benzene rings is 2. The van der Waals surface area contributed by atoms with Crippen LogP contribution >= 0.6 is 0 Å². The number of hydrogen-bond acceptors (Lipinski definition) is 6. The molecule has 1 atom stereocenters. The van der Waals surface area contributed by atoms with E-state index in [2.05, 4.69) is 21.7 Å². The molecule has 168 valence electrons. The molecule has 0 unspecified atom stereocenters. The van der Waals surface area contributed by atoms with E-state index in [1.165, 1.54) is 10.9 Å². The number of esters is 1. The van der Waals surface area contributed by atoms with Crippen molar-refractivity contribution in [3.8, 4) is 0 Å². The van der Waals surface area contributed by atoms with Crippen LogP contribution in [0, 0.1) is 6.92 Å². The largest absolute Gasteiger partial charge is 0.462 e. The van der Waals surface area contributed by atoms with Crippen molar-refractivity contribution in [1.82, 2.24) is 14.1 Å². The van der Waals surface area contributed by atoms with Gasteiger partial charge in [-0.25, -0.2) is 9.78 Å². The average Bonchev–Trinajstić information content (AvgIpc) is 3.31. The molecule has 0 amide bonds. The van der Waals surface area contributed by atoms with E-state index in [4.69, 9.17) is 9.15 Å². The number of aliphatic hydroxyl groups is 1. The molecule has 0 saturated carbocycles. The van der Waals surface area contributed by atoms with Crippen molar-refractivity contribution in [2.24, 2.45) is 0 Å². The smallest absolute Gasteiger partial charge is 0.342 e. The highest BCUT2D eigenvalue weighted by molar-refractivity contribution is 6.08. The zero-order valence-electron chi connectivity index (χ0n) is 18.3. The van der Waals surface area contributed by atoms with Crippen LogP contribution in [0.5, 0.6) is 0 Å². The van der Waals surface area contributed by atoms with Crippen molar-refractivity contribution in [2.75, 3.05) is 6.61 Å². The van der Waals surface area contributed by atoms with E-state index in [0.717, 1.165) is 21.8 Å². The maximum atomic E-state index is 13.2. The molecule has 33 heavy (non-hydrogen) atoms. The van der Waals surface area contributed by atoms with Crippen molar-refractivity contribution >= 4 is 38.9 Å². The molecular weight excluding hydrogens is 422 g/mol. The Hall–Kier alpha value is -3.91. The van der Waals surface area contributed by atoms with Gasteiger partial charge in [-0.3, -0.25) is 9.36 Å². The number of aromatic nitrogens is 3. The molecule has 0 saturated heterocycles. The first-order chi connectivity index (χ1) is 16.0. The third-order valence-corrected chi connectivity index (χ3v) is 5.81. The average molecular weight is 445 g/mol. The van der Waals surface area contributed by atoms with Crippen LogP contribution in [-0.2, 0) is 17.8 Å². The lowest BCUT2D eigenvalue weighted by Crippen LogP contribution is -2.30. The molecule has 3 aromatic heterocycles. The van der Waals surface area contributed by atoms with E-state index < -0.39 is 17.6 Å². The quantitative estimate of drug-likeness (QED) is 0.401. The summed E-state index contributed by atoms with van der Waals surface area (Å²) in [6.45, 7) is 3.76. The van der Waals surface area contributed by atoms with Crippen molar-refractivity contribution in [1.29, 1.82) is 0 Å². The molecule has 0 radical (unpaired) electrons. The first-order valence-electron chi connectivity index (χ1n) is 10.8. The van der Waals surface area contributed by atoms with Crippen molar-refractivity contribution < 1.29 is 19.1 Å². The number of aryl methyl sites for hydroxylation is 1. The first-order valence-corrected chi connectivity index (χ1v) is 10.8. The van der Waals surface area contributed by atoms with Gasteiger partial charge in [-0.15, -0.1) is 0 Å². The molecule has 0 fully saturated rings. The lowest BCUT2D eigenvalue weighted by Gasteiger charge is -2.15. The molecule has 5 rings (SSSR count). The molecule has 1 N–H and O–H groups in total. The second-order valence-corrected chi connectivity index (χ2v) is 7.93. The normalized spacial score (nSPS) is 12.6. The van der Waals surface area contributed by atoms with Gasteiger partial charge in [-0.1, -0.05) is 36.4 Å². The monoisotopic (exact) mass is 445 g/mol. The predicted molar refractivity (Wildman–Crippen MR) is 124 cm³/mol. The van der Waals surface area contributed by atoms with Gasteiger partial charge in [-0.2, -0.15) is 0 Å². The van der Waals surface area contributed by atoms with Crippen LogP contribution in [0.25, 0.3) is 32.9 Å². The molecule has 3 heterocycles. The Labute approximate surface area is 188 Å². The van der Waals surface area contributed by atoms with Crippen LogP contribution in [0.15, 0.2) is 64.1 Å². The van der Waals surface area contributed by atoms with Crippen LogP contribution < -0.4 is 5.56 Å². The number of fused-ring (bicyclic) bond motifs is 4. The third-order valence-electron chi connectivity index (χ3n) is 5.81. The number of furan rings is 1. The van der Waals surface area contributed by atoms with Gasteiger partial charge >= 0.3 is 5.97 Å². The molecule has 0 spiro atoms. The van der Waals surface area contributed by atoms with Gasteiger partial charge in [0.2, 0.25) is 5.71 Å². The number of ether oxygens (including phenoxy) is 1. The Balaban J connectivity index is 1.51. The number of nitrogens with zero attached hydrogens (tertiary/aromatic N) is 3. The fourth-order valence-electron chi connectivity index (χ4n) is 4.41. The Morgan fingerprint density at radius 2 is 1.73 bits per heavy atom. The summed E-state index contributed by atoms with van der Waals surface area (Å²) in [4.78, 5) is 29.7. The Kier molecular flexibility index (Phi) is 5.22. The number of hydrogen-bond donors (Lipinski definition) is 1. The summed E-state index contributed by atoms with van der Waals surface area (Å²) in [5, 5.41) is 13.2. The van der Waals surface area contributed by atoms with Gasteiger partial charge in [0.15, 0.2) is 0 Å². The highest BCUT2D eigenvalue weighted by Gasteiger charge is 2.24. The molecule has 0 bridgehead atoms. The van der Waals surface area contributed by atoms with Crippen LogP contribution in [0.4, 0.5) is 0 Å². The summed E-state index contributed by atoms with van der Waals surface area (Å²) in [7, 11) is 0. The molecule has 5 aromatic rings. The third kappa shape index (κ3) is 3.48. The number of aliphatic hydroxyl groups excluding tert-OH is 1. The van der Waals surface area contributed by atoms with Crippen LogP contribution in [0.1, 0.15) is 23.0 Å². The SMILES string of the molecule is CCOC(=O)c1c(C)oc2ncn(C[C@@H](O)Cn3c4ccccc4c4ccccc43)c(=O)c12. The summed E-state index contributed by atoms with van der Waals surface area (Å²) >= 11 is 0. The number of carbonyl (C=O) groups excluding carboxylic acids is 1. The molecule has 2 aromatic carbocycles. The van der Waals surface area contributed by atoms with Gasteiger partial charge in [0.1, 0.15) is 23.0 Å². The van der Waals surface area contributed by atoms with E-state index in [1.807, 2.05) is 36.4 Å². The molecular formula is C25H23N3O5. The Morgan fingerprint density at radius 3 is 2.36 bits per heavy atom. The van der Waals surface area contributed by atoms with Crippen molar-refractivity contribution in [2.45, 2.75) is 33.0 Å². The zero-order valence-corrected chi connectivity index (χ0v) is 18.3. The van der Waals surface area contributed by atoms with Crippen molar-refractivity contribution in [3.63, 3.8) is 0 Å². The lowest BCUT2D eigenvalue weighted by atomic mass is 10.2. The minimum Gasteiger partial charge on any atom is -0.462 e. The molecule has 0 aliphatic carbocycles. The molecule has 0 aliphatic heterocycles.